The van der Waals surface area contributed by atoms with E-state index in [1.54, 1.807) is 39.0 Å². The molecule has 0 aromatic heterocycles. The fourth-order valence-corrected chi connectivity index (χ4v) is 4.24. The molecule has 0 aliphatic rings. The standard InChI is InChI=1S/C19H24N2O5S/c1-4-21(5-2)27(24,25)18-13-14(11-12-17(18)26-6-3)20-19(23)15-9-7-8-10-16(15)22/h7-13,22H,4-6H2,1-3H3,(H,20,23). The molecule has 0 fully saturated rings. The van der Waals surface area contributed by atoms with Gasteiger partial charge < -0.3 is 15.2 Å². The Morgan fingerprint density at radius 1 is 1.11 bits per heavy atom. The second kappa shape index (κ2) is 8.88. The van der Waals surface area contributed by atoms with Gasteiger partial charge in [-0.3, -0.25) is 4.79 Å². The van der Waals surface area contributed by atoms with Crippen molar-refractivity contribution in [2.24, 2.45) is 0 Å². The van der Waals surface area contributed by atoms with Crippen LogP contribution in [0.15, 0.2) is 47.4 Å². The predicted molar refractivity (Wildman–Crippen MR) is 104 cm³/mol. The first-order valence-electron chi connectivity index (χ1n) is 8.71. The third-order valence-corrected chi connectivity index (χ3v) is 6.04. The summed E-state index contributed by atoms with van der Waals surface area (Å²) in [4.78, 5) is 12.4. The van der Waals surface area contributed by atoms with E-state index < -0.39 is 15.9 Å². The molecular formula is C19H24N2O5S. The van der Waals surface area contributed by atoms with E-state index >= 15 is 0 Å². The highest BCUT2D eigenvalue weighted by Crippen LogP contribution is 2.30. The fourth-order valence-electron chi connectivity index (χ4n) is 2.63. The van der Waals surface area contributed by atoms with Gasteiger partial charge in [0.05, 0.1) is 12.2 Å². The van der Waals surface area contributed by atoms with Gasteiger partial charge in [-0.25, -0.2) is 8.42 Å². The van der Waals surface area contributed by atoms with Crippen molar-refractivity contribution in [2.75, 3.05) is 25.0 Å². The van der Waals surface area contributed by atoms with E-state index in [0.29, 0.717) is 19.7 Å². The number of nitrogens with one attached hydrogen (secondary N) is 1. The van der Waals surface area contributed by atoms with Crippen molar-refractivity contribution < 1.29 is 23.1 Å². The Balaban J connectivity index is 2.43. The predicted octanol–water partition coefficient (Wildman–Crippen LogP) is 3.07. The highest BCUT2D eigenvalue weighted by atomic mass is 32.2. The van der Waals surface area contributed by atoms with Crippen LogP contribution >= 0.6 is 0 Å². The summed E-state index contributed by atoms with van der Waals surface area (Å²) in [6.07, 6.45) is 0. The van der Waals surface area contributed by atoms with E-state index in [9.17, 15) is 18.3 Å². The number of sulfonamides is 1. The zero-order chi connectivity index (χ0) is 20.0. The SMILES string of the molecule is CCOc1ccc(NC(=O)c2ccccc2O)cc1S(=O)(=O)N(CC)CC. The van der Waals surface area contributed by atoms with Crippen LogP contribution < -0.4 is 10.1 Å². The second-order valence-electron chi connectivity index (χ2n) is 5.66. The van der Waals surface area contributed by atoms with Crippen LogP contribution in [0.25, 0.3) is 0 Å². The van der Waals surface area contributed by atoms with Crippen molar-refractivity contribution in [3.8, 4) is 11.5 Å². The molecule has 27 heavy (non-hydrogen) atoms. The number of phenolic OH excluding ortho intramolecular Hbond substituents is 1. The van der Waals surface area contributed by atoms with Crippen LogP contribution in [0.3, 0.4) is 0 Å². The van der Waals surface area contributed by atoms with Gasteiger partial charge in [0, 0.05) is 18.8 Å². The molecule has 0 atom stereocenters. The molecule has 2 rings (SSSR count). The van der Waals surface area contributed by atoms with Crippen molar-refractivity contribution in [3.63, 3.8) is 0 Å². The number of carbonyl (C=O) groups excluding carboxylic acids is 1. The Morgan fingerprint density at radius 2 is 1.78 bits per heavy atom. The maximum atomic E-state index is 12.9. The van der Waals surface area contributed by atoms with Gasteiger partial charge in [0.25, 0.3) is 5.91 Å². The normalized spacial score (nSPS) is 11.4. The van der Waals surface area contributed by atoms with Gasteiger partial charge in [-0.15, -0.1) is 0 Å². The third kappa shape index (κ3) is 4.58. The highest BCUT2D eigenvalue weighted by molar-refractivity contribution is 7.89. The third-order valence-electron chi connectivity index (χ3n) is 3.97. The first kappa shape index (κ1) is 20.7. The van der Waals surface area contributed by atoms with Crippen LogP contribution in [-0.4, -0.2) is 43.4 Å². The number of hydrogen-bond donors (Lipinski definition) is 2. The lowest BCUT2D eigenvalue weighted by Gasteiger charge is -2.21. The molecule has 1 amide bonds. The summed E-state index contributed by atoms with van der Waals surface area (Å²) in [5.74, 6) is -0.467. The Morgan fingerprint density at radius 3 is 2.37 bits per heavy atom. The molecular weight excluding hydrogens is 368 g/mol. The van der Waals surface area contributed by atoms with Crippen molar-refractivity contribution in [2.45, 2.75) is 25.7 Å². The molecule has 0 spiro atoms. The molecule has 0 aliphatic carbocycles. The molecule has 0 heterocycles. The summed E-state index contributed by atoms with van der Waals surface area (Å²) in [5.41, 5.74) is 0.386. The zero-order valence-corrected chi connectivity index (χ0v) is 16.4. The fraction of sp³-hybridized carbons (Fsp3) is 0.316. The molecule has 0 radical (unpaired) electrons. The number of anilines is 1. The van der Waals surface area contributed by atoms with Crippen LogP contribution in [0.4, 0.5) is 5.69 Å². The maximum Gasteiger partial charge on any atom is 0.259 e. The van der Waals surface area contributed by atoms with Crippen LogP contribution in [0.2, 0.25) is 0 Å². The molecule has 2 aromatic rings. The molecule has 2 N–H and O–H groups in total. The van der Waals surface area contributed by atoms with E-state index in [1.807, 2.05) is 0 Å². The summed E-state index contributed by atoms with van der Waals surface area (Å²) >= 11 is 0. The number of benzene rings is 2. The first-order chi connectivity index (χ1) is 12.8. The van der Waals surface area contributed by atoms with Crippen molar-refractivity contribution in [1.82, 2.24) is 4.31 Å². The minimum atomic E-state index is -3.78. The van der Waals surface area contributed by atoms with Crippen LogP contribution in [0.1, 0.15) is 31.1 Å². The van der Waals surface area contributed by atoms with E-state index in [1.165, 1.54) is 28.6 Å². The van der Waals surface area contributed by atoms with E-state index in [0.717, 1.165) is 0 Å². The van der Waals surface area contributed by atoms with Gasteiger partial charge in [0.15, 0.2) is 0 Å². The Labute approximate surface area is 159 Å². The van der Waals surface area contributed by atoms with Crippen LogP contribution in [0.5, 0.6) is 11.5 Å². The molecule has 8 heteroatoms. The summed E-state index contributed by atoms with van der Waals surface area (Å²) in [6.45, 7) is 6.22. The number of rotatable bonds is 8. The molecule has 146 valence electrons. The average molecular weight is 392 g/mol. The van der Waals surface area contributed by atoms with Crippen LogP contribution in [-0.2, 0) is 10.0 Å². The van der Waals surface area contributed by atoms with Crippen molar-refractivity contribution in [1.29, 1.82) is 0 Å². The van der Waals surface area contributed by atoms with Crippen molar-refractivity contribution >= 4 is 21.6 Å². The number of nitrogens with zero attached hydrogens (tertiary/aromatic N) is 1. The Kier molecular flexibility index (Phi) is 6.81. The van der Waals surface area contributed by atoms with Gasteiger partial charge >= 0.3 is 0 Å². The number of aromatic hydroxyl groups is 1. The topological polar surface area (TPSA) is 95.9 Å². The average Bonchev–Trinajstić information content (AvgIpc) is 2.64. The smallest absolute Gasteiger partial charge is 0.259 e. The lowest BCUT2D eigenvalue weighted by molar-refractivity contribution is 0.102. The zero-order valence-electron chi connectivity index (χ0n) is 15.6. The molecule has 0 saturated carbocycles. The summed E-state index contributed by atoms with van der Waals surface area (Å²) in [6, 6.07) is 10.6. The van der Waals surface area contributed by atoms with Gasteiger partial charge in [0.2, 0.25) is 10.0 Å². The van der Waals surface area contributed by atoms with Crippen LogP contribution in [0, 0.1) is 0 Å². The Bertz CT molecular complexity index is 908. The highest BCUT2D eigenvalue weighted by Gasteiger charge is 2.26. The molecule has 0 aliphatic heterocycles. The number of carbonyl (C=O) groups is 1. The molecule has 0 unspecified atom stereocenters. The largest absolute Gasteiger partial charge is 0.507 e. The van der Waals surface area contributed by atoms with E-state index in [4.69, 9.17) is 4.74 Å². The Hall–Kier alpha value is -2.58. The summed E-state index contributed by atoms with van der Waals surface area (Å²) in [7, 11) is -3.78. The van der Waals surface area contributed by atoms with Crippen molar-refractivity contribution in [3.05, 3.63) is 48.0 Å². The number of phenols is 1. The quantitative estimate of drug-likeness (QED) is 0.720. The summed E-state index contributed by atoms with van der Waals surface area (Å²) in [5, 5.41) is 12.4. The molecule has 7 nitrogen and oxygen atoms in total. The minimum Gasteiger partial charge on any atom is -0.507 e. The lowest BCUT2D eigenvalue weighted by atomic mass is 10.2. The maximum absolute atomic E-state index is 12.9. The van der Waals surface area contributed by atoms with E-state index in [2.05, 4.69) is 5.32 Å². The monoisotopic (exact) mass is 392 g/mol. The second-order valence-corrected chi connectivity index (χ2v) is 7.56. The number of amides is 1. The molecule has 0 saturated heterocycles. The molecule has 0 bridgehead atoms. The number of ether oxygens (including phenoxy) is 1. The van der Waals surface area contributed by atoms with Gasteiger partial charge in [-0.2, -0.15) is 4.31 Å². The van der Waals surface area contributed by atoms with Gasteiger partial charge in [-0.05, 0) is 37.3 Å². The number of para-hydroxylation sites is 1. The lowest BCUT2D eigenvalue weighted by Crippen LogP contribution is -2.31. The minimum absolute atomic E-state index is 0.0110. The summed E-state index contributed by atoms with van der Waals surface area (Å²) < 4.78 is 32.7. The van der Waals surface area contributed by atoms with Gasteiger partial charge in [-0.1, -0.05) is 26.0 Å². The first-order valence-corrected chi connectivity index (χ1v) is 10.1. The molecule has 2 aromatic carbocycles. The van der Waals surface area contributed by atoms with E-state index in [-0.39, 0.29) is 27.6 Å². The number of hydrogen-bond acceptors (Lipinski definition) is 5. The van der Waals surface area contributed by atoms with Gasteiger partial charge in [0.1, 0.15) is 16.4 Å².